The van der Waals surface area contributed by atoms with Gasteiger partial charge in [-0.3, -0.25) is 0 Å². The van der Waals surface area contributed by atoms with E-state index >= 15 is 0 Å². The van der Waals surface area contributed by atoms with E-state index in [2.05, 4.69) is 23.3 Å². The van der Waals surface area contributed by atoms with Crippen LogP contribution in [0.1, 0.15) is 29.0 Å². The van der Waals surface area contributed by atoms with E-state index in [9.17, 15) is 4.39 Å². The van der Waals surface area contributed by atoms with E-state index in [0.29, 0.717) is 11.9 Å². The van der Waals surface area contributed by atoms with Gasteiger partial charge in [0, 0.05) is 23.0 Å². The Morgan fingerprint density at radius 3 is 3.05 bits per heavy atom. The number of rotatable bonds is 2. The fraction of sp³-hybridized carbons (Fsp3) is 0.333. The van der Waals surface area contributed by atoms with Crippen LogP contribution in [0, 0.1) is 5.82 Å². The predicted octanol–water partition coefficient (Wildman–Crippen LogP) is 4.75. The first-order valence-corrected chi connectivity index (χ1v) is 7.79. The topological polar surface area (TPSA) is 3.24 Å². The third kappa shape index (κ3) is 2.26. The SMILES string of the molecule is CC1c2ccsc2CCN1c1ccc(F)cc1CCl. The van der Waals surface area contributed by atoms with Crippen LogP contribution in [0.5, 0.6) is 0 Å². The normalized spacial score (nSPS) is 18.5. The van der Waals surface area contributed by atoms with Gasteiger partial charge < -0.3 is 4.90 Å². The molecule has 1 aliphatic rings. The van der Waals surface area contributed by atoms with Crippen LogP contribution in [0.25, 0.3) is 0 Å². The minimum absolute atomic E-state index is 0.222. The van der Waals surface area contributed by atoms with Crippen LogP contribution in [0.4, 0.5) is 10.1 Å². The van der Waals surface area contributed by atoms with Gasteiger partial charge in [-0.05, 0) is 54.1 Å². The van der Waals surface area contributed by atoms with Crippen LogP contribution in [-0.4, -0.2) is 6.54 Å². The number of thiophene rings is 1. The third-order valence-electron chi connectivity index (χ3n) is 3.77. The Kier molecular flexibility index (Phi) is 3.50. The van der Waals surface area contributed by atoms with Gasteiger partial charge in [-0.25, -0.2) is 4.39 Å². The van der Waals surface area contributed by atoms with E-state index in [-0.39, 0.29) is 5.82 Å². The highest BCUT2D eigenvalue weighted by molar-refractivity contribution is 7.10. The summed E-state index contributed by atoms with van der Waals surface area (Å²) in [4.78, 5) is 3.80. The van der Waals surface area contributed by atoms with Crippen molar-refractivity contribution in [2.24, 2.45) is 0 Å². The molecule has 4 heteroatoms. The summed E-state index contributed by atoms with van der Waals surface area (Å²) >= 11 is 7.78. The molecule has 1 atom stereocenters. The number of nitrogens with zero attached hydrogens (tertiary/aromatic N) is 1. The van der Waals surface area contributed by atoms with Crippen molar-refractivity contribution in [1.29, 1.82) is 0 Å². The van der Waals surface area contributed by atoms with Gasteiger partial charge in [0.05, 0.1) is 6.04 Å². The Hall–Kier alpha value is -1.06. The van der Waals surface area contributed by atoms with Crippen molar-refractivity contribution in [3.8, 4) is 0 Å². The number of hydrogen-bond acceptors (Lipinski definition) is 2. The molecule has 0 N–H and O–H groups in total. The number of alkyl halides is 1. The van der Waals surface area contributed by atoms with Gasteiger partial charge in [0.1, 0.15) is 5.82 Å². The van der Waals surface area contributed by atoms with Gasteiger partial charge in [-0.15, -0.1) is 22.9 Å². The molecule has 19 heavy (non-hydrogen) atoms. The second kappa shape index (κ2) is 5.14. The zero-order chi connectivity index (χ0) is 13.4. The van der Waals surface area contributed by atoms with Crippen molar-refractivity contribution in [1.82, 2.24) is 0 Å². The van der Waals surface area contributed by atoms with E-state index in [1.165, 1.54) is 22.6 Å². The maximum absolute atomic E-state index is 13.3. The molecule has 0 amide bonds. The van der Waals surface area contributed by atoms with Crippen molar-refractivity contribution < 1.29 is 4.39 Å². The second-order valence-corrected chi connectivity index (χ2v) is 6.09. The minimum atomic E-state index is -0.222. The van der Waals surface area contributed by atoms with Gasteiger partial charge >= 0.3 is 0 Å². The molecular weight excluding hydrogens is 281 g/mol. The van der Waals surface area contributed by atoms with Crippen LogP contribution < -0.4 is 4.90 Å². The molecule has 3 rings (SSSR count). The van der Waals surface area contributed by atoms with E-state index < -0.39 is 0 Å². The maximum atomic E-state index is 13.3. The summed E-state index contributed by atoms with van der Waals surface area (Å²) in [5.74, 6) is 0.118. The molecule has 100 valence electrons. The van der Waals surface area contributed by atoms with Crippen LogP contribution >= 0.6 is 22.9 Å². The number of hydrogen-bond donors (Lipinski definition) is 0. The summed E-state index contributed by atoms with van der Waals surface area (Å²) in [6.07, 6.45) is 1.05. The molecule has 0 saturated heterocycles. The number of benzene rings is 1. The molecule has 0 spiro atoms. The van der Waals surface area contributed by atoms with Crippen molar-refractivity contribution in [3.63, 3.8) is 0 Å². The lowest BCUT2D eigenvalue weighted by Crippen LogP contribution is -2.33. The lowest BCUT2D eigenvalue weighted by atomic mass is 9.99. The first kappa shape index (κ1) is 12.9. The molecule has 0 bridgehead atoms. The first-order chi connectivity index (χ1) is 9.20. The lowest BCUT2D eigenvalue weighted by molar-refractivity contribution is 0.616. The highest BCUT2D eigenvalue weighted by atomic mass is 35.5. The molecule has 0 saturated carbocycles. The summed E-state index contributed by atoms with van der Waals surface area (Å²) in [6, 6.07) is 7.42. The number of halogens is 2. The maximum Gasteiger partial charge on any atom is 0.123 e. The molecule has 2 heterocycles. The number of anilines is 1. The first-order valence-electron chi connectivity index (χ1n) is 6.38. The smallest absolute Gasteiger partial charge is 0.123 e. The molecule has 0 aliphatic carbocycles. The van der Waals surface area contributed by atoms with Gasteiger partial charge in [-0.2, -0.15) is 0 Å². The molecule has 1 aromatic carbocycles. The molecular formula is C15H15ClFNS. The van der Waals surface area contributed by atoms with Gasteiger partial charge in [0.15, 0.2) is 0 Å². The van der Waals surface area contributed by atoms with Crippen LogP contribution in [0.15, 0.2) is 29.6 Å². The largest absolute Gasteiger partial charge is 0.364 e. The fourth-order valence-electron chi connectivity index (χ4n) is 2.78. The summed E-state index contributed by atoms with van der Waals surface area (Å²) in [5, 5.41) is 2.15. The molecule has 1 unspecified atom stereocenters. The highest BCUT2D eigenvalue weighted by Gasteiger charge is 2.26. The molecule has 1 aliphatic heterocycles. The highest BCUT2D eigenvalue weighted by Crippen LogP contribution is 2.37. The Labute approximate surface area is 121 Å². The van der Waals surface area contributed by atoms with E-state index in [1.54, 1.807) is 0 Å². The van der Waals surface area contributed by atoms with Crippen molar-refractivity contribution in [2.45, 2.75) is 25.3 Å². The Bertz CT molecular complexity index is 596. The van der Waals surface area contributed by atoms with Crippen molar-refractivity contribution in [2.75, 3.05) is 11.4 Å². The summed E-state index contributed by atoms with van der Waals surface area (Å²) in [5.41, 5.74) is 3.31. The zero-order valence-electron chi connectivity index (χ0n) is 10.7. The standard InChI is InChI=1S/C15H15ClFNS/c1-10-13-5-7-19-15(13)4-6-18(10)14-3-2-12(17)8-11(14)9-16/h2-3,5,7-8,10H,4,6,9H2,1H3. The van der Waals surface area contributed by atoms with E-state index in [4.69, 9.17) is 11.6 Å². The average Bonchev–Trinajstić information content (AvgIpc) is 2.89. The van der Waals surface area contributed by atoms with Gasteiger partial charge in [-0.1, -0.05) is 0 Å². The van der Waals surface area contributed by atoms with Crippen LogP contribution in [0.2, 0.25) is 0 Å². The van der Waals surface area contributed by atoms with Crippen LogP contribution in [0.3, 0.4) is 0 Å². The summed E-state index contributed by atoms with van der Waals surface area (Å²) in [7, 11) is 0. The molecule has 1 aromatic heterocycles. The fourth-order valence-corrected chi connectivity index (χ4v) is 3.96. The van der Waals surface area contributed by atoms with Crippen LogP contribution in [-0.2, 0) is 12.3 Å². The Morgan fingerprint density at radius 1 is 1.42 bits per heavy atom. The molecule has 0 radical (unpaired) electrons. The Balaban J connectivity index is 2.00. The third-order valence-corrected chi connectivity index (χ3v) is 5.06. The monoisotopic (exact) mass is 295 g/mol. The van der Waals surface area contributed by atoms with Gasteiger partial charge in [0.25, 0.3) is 0 Å². The van der Waals surface area contributed by atoms with Crippen molar-refractivity contribution >= 4 is 28.6 Å². The van der Waals surface area contributed by atoms with E-state index in [1.807, 2.05) is 17.4 Å². The minimum Gasteiger partial charge on any atom is -0.364 e. The average molecular weight is 296 g/mol. The van der Waals surface area contributed by atoms with E-state index in [0.717, 1.165) is 24.2 Å². The quantitative estimate of drug-likeness (QED) is 0.723. The molecule has 1 nitrogen and oxygen atoms in total. The zero-order valence-corrected chi connectivity index (χ0v) is 12.3. The number of fused-ring (bicyclic) bond motifs is 1. The second-order valence-electron chi connectivity index (χ2n) is 4.83. The van der Waals surface area contributed by atoms with Crippen molar-refractivity contribution in [3.05, 3.63) is 51.5 Å². The van der Waals surface area contributed by atoms with Gasteiger partial charge in [0.2, 0.25) is 0 Å². The Morgan fingerprint density at radius 2 is 2.26 bits per heavy atom. The predicted molar refractivity (Wildman–Crippen MR) is 79.7 cm³/mol. The summed E-state index contributed by atoms with van der Waals surface area (Å²) in [6.45, 7) is 3.16. The molecule has 2 aromatic rings. The summed E-state index contributed by atoms with van der Waals surface area (Å²) < 4.78 is 13.3. The lowest BCUT2D eigenvalue weighted by Gasteiger charge is -2.36. The molecule has 0 fully saturated rings.